The van der Waals surface area contributed by atoms with Gasteiger partial charge in [-0.15, -0.1) is 11.1 Å². The first kappa shape index (κ1) is 33.3. The fraction of sp³-hybridized carbons (Fsp3) is 0.474. The highest BCUT2D eigenvalue weighted by Gasteiger charge is 2.43. The van der Waals surface area contributed by atoms with E-state index in [0.717, 1.165) is 55.0 Å². The lowest BCUT2D eigenvalue weighted by Gasteiger charge is -2.38. The molecule has 0 spiro atoms. The van der Waals surface area contributed by atoms with Crippen molar-refractivity contribution in [3.63, 3.8) is 0 Å². The molecule has 45 heavy (non-hydrogen) atoms. The van der Waals surface area contributed by atoms with Crippen LogP contribution < -0.4 is 0 Å². The van der Waals surface area contributed by atoms with E-state index in [9.17, 15) is 0 Å². The van der Waals surface area contributed by atoms with Crippen molar-refractivity contribution in [2.24, 2.45) is 0 Å². The summed E-state index contributed by atoms with van der Waals surface area (Å²) >= 11 is 1.23. The second kappa shape index (κ2) is 12.6. The lowest BCUT2D eigenvalue weighted by molar-refractivity contribution is 0.838. The number of hydrogen-bond acceptors (Lipinski definition) is 5. The first-order chi connectivity index (χ1) is 21.3. The van der Waals surface area contributed by atoms with E-state index >= 15 is 0 Å². The molecule has 0 N–H and O–H groups in total. The van der Waals surface area contributed by atoms with Crippen molar-refractivity contribution >= 4 is 71.7 Å². The molecule has 0 fully saturated rings. The summed E-state index contributed by atoms with van der Waals surface area (Å²) in [5, 5.41) is 2.24. The third kappa shape index (κ3) is 5.41. The fourth-order valence-electron chi connectivity index (χ4n) is 8.32. The highest BCUT2D eigenvalue weighted by molar-refractivity contribution is 7.00. The van der Waals surface area contributed by atoms with Crippen molar-refractivity contribution < 1.29 is 0 Å². The zero-order chi connectivity index (χ0) is 32.8. The fourth-order valence-corrected chi connectivity index (χ4v) is 19.3. The smallest absolute Gasteiger partial charge is 0.146 e. The minimum Gasteiger partial charge on any atom is -0.243 e. The summed E-state index contributed by atoms with van der Waals surface area (Å²) in [5.41, 5.74) is 17.7. The van der Waals surface area contributed by atoms with Crippen molar-refractivity contribution in [1.29, 1.82) is 0 Å². The number of nitrogens with zero attached hydrogens (tertiary/aromatic N) is 4. The van der Waals surface area contributed by atoms with Crippen molar-refractivity contribution in [1.82, 2.24) is 18.7 Å². The molecule has 7 heteroatoms. The predicted octanol–water partition coefficient (Wildman–Crippen LogP) is 11.1. The van der Waals surface area contributed by atoms with E-state index in [4.69, 9.17) is 18.7 Å². The molecule has 0 saturated carbocycles. The van der Waals surface area contributed by atoms with Crippen molar-refractivity contribution in [2.45, 2.75) is 116 Å². The van der Waals surface area contributed by atoms with E-state index in [1.807, 2.05) is 0 Å². The van der Waals surface area contributed by atoms with Crippen LogP contribution in [0.15, 0.2) is 36.4 Å². The number of hydrogen-bond donors (Lipinski definition) is 0. The van der Waals surface area contributed by atoms with Gasteiger partial charge in [-0.25, -0.2) is 9.97 Å². The molecule has 0 aliphatic rings. The Balaban J connectivity index is 1.96. The van der Waals surface area contributed by atoms with Crippen LogP contribution in [0.25, 0.3) is 43.9 Å². The van der Waals surface area contributed by atoms with Crippen molar-refractivity contribution in [2.75, 3.05) is 0 Å². The maximum absolute atomic E-state index is 5.41. The monoisotopic (exact) mass is 648 g/mol. The van der Waals surface area contributed by atoms with Crippen LogP contribution in [-0.2, 0) is 0 Å². The molecular weight excluding hydrogens is 601 g/mol. The Labute approximate surface area is 276 Å². The molecule has 4 nitrogen and oxygen atoms in total. The molecule has 0 saturated heterocycles. The molecule has 2 aromatic heterocycles. The molecule has 0 aliphatic heterocycles. The Kier molecular flexibility index (Phi) is 9.31. The maximum atomic E-state index is 5.41. The molecular formula is C38H48N4SSi2. The van der Waals surface area contributed by atoms with E-state index in [-0.39, 0.29) is 0 Å². The molecule has 0 radical (unpaired) electrons. The molecule has 2 heterocycles. The third-order valence-electron chi connectivity index (χ3n) is 10.5. The zero-order valence-electron chi connectivity index (χ0n) is 29.1. The zero-order valence-corrected chi connectivity index (χ0v) is 31.9. The van der Waals surface area contributed by atoms with Gasteiger partial charge in [-0.1, -0.05) is 125 Å². The summed E-state index contributed by atoms with van der Waals surface area (Å²) in [6.07, 6.45) is 0. The maximum Gasteiger partial charge on any atom is 0.146 e. The first-order valence-electron chi connectivity index (χ1n) is 16.6. The average Bonchev–Trinajstić information content (AvgIpc) is 3.46. The largest absolute Gasteiger partial charge is 0.243 e. The molecule has 0 bridgehead atoms. The highest BCUT2D eigenvalue weighted by atomic mass is 32.1. The Hall–Kier alpha value is -3.11. The lowest BCUT2D eigenvalue weighted by Crippen LogP contribution is -2.43. The summed E-state index contributed by atoms with van der Waals surface area (Å²) in [4.78, 5) is 10.7. The molecule has 3 aromatic carbocycles. The first-order valence-corrected chi connectivity index (χ1v) is 21.8. The van der Waals surface area contributed by atoms with E-state index < -0.39 is 16.1 Å². The van der Waals surface area contributed by atoms with Gasteiger partial charge in [0.2, 0.25) is 0 Å². The van der Waals surface area contributed by atoms with Crippen LogP contribution in [0.5, 0.6) is 0 Å². The average molecular weight is 649 g/mol. The number of aromatic nitrogens is 4. The SMILES string of the molecule is CC(C)[Si](C#Cc1c2nsnc2c(C#C[Si](C(C)C)(C(C)C)C(C)C)c2nc3c(ccc4ccccc43)nc12)(C(C)C)C(C)C. The summed E-state index contributed by atoms with van der Waals surface area (Å²) in [6.45, 7) is 28.2. The Morgan fingerprint density at radius 1 is 0.511 bits per heavy atom. The molecule has 5 rings (SSSR count). The van der Waals surface area contributed by atoms with Gasteiger partial charge in [0.25, 0.3) is 0 Å². The van der Waals surface area contributed by atoms with Crippen LogP contribution in [0, 0.1) is 22.9 Å². The molecule has 0 amide bonds. The minimum absolute atomic E-state index is 0.516. The third-order valence-corrected chi connectivity index (χ3v) is 23.6. The van der Waals surface area contributed by atoms with Crippen LogP contribution in [0.1, 0.15) is 94.2 Å². The molecule has 0 aliphatic carbocycles. The molecule has 5 aromatic rings. The Morgan fingerprint density at radius 3 is 1.42 bits per heavy atom. The standard InChI is InChI=1S/C38H48N4SSi2/c1-23(2)44(24(3)4,25(5)6)21-19-31-35-36(40-34-30-16-14-13-15-29(30)17-18-33(34)39-35)32(38-37(31)41-43-42-38)20-22-45(26(7)8,27(9)10)28(11)12/h13-18,23-28H,1-12H3. The van der Waals surface area contributed by atoms with Gasteiger partial charge < -0.3 is 0 Å². The van der Waals surface area contributed by atoms with E-state index in [1.54, 1.807) is 0 Å². The molecule has 234 valence electrons. The second-order valence-corrected chi connectivity index (χ2v) is 26.3. The molecule has 0 atom stereocenters. The van der Waals surface area contributed by atoms with Crippen molar-refractivity contribution in [3.05, 3.63) is 47.5 Å². The number of benzene rings is 3. The van der Waals surface area contributed by atoms with Gasteiger partial charge in [-0.2, -0.15) is 8.75 Å². The van der Waals surface area contributed by atoms with Gasteiger partial charge in [0.05, 0.1) is 33.9 Å². The topological polar surface area (TPSA) is 51.6 Å². The van der Waals surface area contributed by atoms with Crippen LogP contribution >= 0.6 is 11.7 Å². The van der Waals surface area contributed by atoms with Gasteiger partial charge in [0, 0.05) is 5.39 Å². The van der Waals surface area contributed by atoms with Gasteiger partial charge in [0.15, 0.2) is 0 Å². The summed E-state index contributed by atoms with van der Waals surface area (Å²) in [5.74, 6) is 7.47. The van der Waals surface area contributed by atoms with Gasteiger partial charge in [0.1, 0.15) is 38.2 Å². The van der Waals surface area contributed by atoms with Crippen molar-refractivity contribution in [3.8, 4) is 22.9 Å². The lowest BCUT2D eigenvalue weighted by atomic mass is 10.0. The van der Waals surface area contributed by atoms with E-state index in [2.05, 4.69) is 142 Å². The van der Waals surface area contributed by atoms with Crippen LogP contribution in [0.2, 0.25) is 33.2 Å². The summed E-state index contributed by atoms with van der Waals surface area (Å²) in [6, 6.07) is 12.6. The highest BCUT2D eigenvalue weighted by Crippen LogP contribution is 2.43. The second-order valence-electron chi connectivity index (χ2n) is 14.6. The van der Waals surface area contributed by atoms with E-state index in [1.165, 1.54) is 11.7 Å². The van der Waals surface area contributed by atoms with Crippen LogP contribution in [-0.4, -0.2) is 34.9 Å². The normalized spacial score (nSPS) is 12.8. The Morgan fingerprint density at radius 2 is 0.956 bits per heavy atom. The van der Waals surface area contributed by atoms with E-state index in [0.29, 0.717) is 33.2 Å². The van der Waals surface area contributed by atoms with Crippen LogP contribution in [0.3, 0.4) is 0 Å². The predicted molar refractivity (Wildman–Crippen MR) is 201 cm³/mol. The van der Waals surface area contributed by atoms with Crippen LogP contribution in [0.4, 0.5) is 0 Å². The summed E-state index contributed by atoms with van der Waals surface area (Å²) in [7, 11) is -4.05. The Bertz CT molecular complexity index is 1970. The quantitative estimate of drug-likeness (QED) is 0.0795. The molecule has 0 unspecified atom stereocenters. The minimum atomic E-state index is -2.03. The number of rotatable bonds is 6. The van der Waals surface area contributed by atoms with Gasteiger partial charge in [-0.05, 0) is 44.7 Å². The summed E-state index contributed by atoms with van der Waals surface area (Å²) < 4.78 is 9.74. The number of fused-ring (bicyclic) bond motifs is 5. The van der Waals surface area contributed by atoms with Gasteiger partial charge in [-0.3, -0.25) is 0 Å². The van der Waals surface area contributed by atoms with Gasteiger partial charge >= 0.3 is 0 Å².